The maximum Gasteiger partial charge on any atom is 0.274 e. The molecule has 0 bridgehead atoms. The number of hydrogen-bond acceptors (Lipinski definition) is 6. The topological polar surface area (TPSA) is 119 Å². The molecule has 0 aliphatic rings. The Morgan fingerprint density at radius 3 is 2.26 bits per heavy atom. The van der Waals surface area contributed by atoms with E-state index in [-0.39, 0.29) is 18.2 Å². The van der Waals surface area contributed by atoms with Crippen molar-refractivity contribution in [2.45, 2.75) is 30.2 Å². The SMILES string of the molecule is CC(C)(CNS(=O)(=O)c1ccc(CN)o1)S(C)(=O)=O. The van der Waals surface area contributed by atoms with E-state index in [1.807, 2.05) is 0 Å². The number of sulfonamides is 1. The highest BCUT2D eigenvalue weighted by atomic mass is 32.2. The summed E-state index contributed by atoms with van der Waals surface area (Å²) in [6.45, 7) is 2.73. The standard InChI is InChI=1S/C10H18N2O5S2/c1-10(2,18(3,13)14)7-12-19(15,16)9-5-4-8(6-11)17-9/h4-5,12H,6-7,11H2,1-3H3. The van der Waals surface area contributed by atoms with Gasteiger partial charge in [0.1, 0.15) is 5.76 Å². The lowest BCUT2D eigenvalue weighted by Crippen LogP contribution is -2.43. The van der Waals surface area contributed by atoms with E-state index in [9.17, 15) is 16.8 Å². The number of rotatable bonds is 6. The third kappa shape index (κ3) is 3.78. The molecular formula is C10H18N2O5S2. The summed E-state index contributed by atoms with van der Waals surface area (Å²) in [4.78, 5) is 0. The van der Waals surface area contributed by atoms with Crippen LogP contribution in [0.15, 0.2) is 21.6 Å². The van der Waals surface area contributed by atoms with Crippen molar-refractivity contribution in [2.24, 2.45) is 5.73 Å². The minimum atomic E-state index is -3.88. The summed E-state index contributed by atoms with van der Waals surface area (Å²) < 4.78 is 52.8. The van der Waals surface area contributed by atoms with E-state index in [1.54, 1.807) is 0 Å². The number of sulfone groups is 1. The van der Waals surface area contributed by atoms with Crippen LogP contribution < -0.4 is 10.5 Å². The van der Waals surface area contributed by atoms with E-state index in [1.165, 1.54) is 26.0 Å². The van der Waals surface area contributed by atoms with Crippen molar-refractivity contribution in [3.63, 3.8) is 0 Å². The fraction of sp³-hybridized carbons (Fsp3) is 0.600. The van der Waals surface area contributed by atoms with Crippen molar-refractivity contribution < 1.29 is 21.3 Å². The van der Waals surface area contributed by atoms with E-state index in [0.29, 0.717) is 5.76 Å². The fourth-order valence-corrected chi connectivity index (χ4v) is 2.67. The van der Waals surface area contributed by atoms with Crippen molar-refractivity contribution in [3.8, 4) is 0 Å². The zero-order valence-electron chi connectivity index (χ0n) is 11.0. The van der Waals surface area contributed by atoms with Crippen LogP contribution in [-0.4, -0.2) is 34.4 Å². The molecule has 0 radical (unpaired) electrons. The second-order valence-electron chi connectivity index (χ2n) is 4.78. The lowest BCUT2D eigenvalue weighted by Gasteiger charge is -2.22. The summed E-state index contributed by atoms with van der Waals surface area (Å²) in [5, 5.41) is -0.280. The number of furan rings is 1. The molecule has 1 aromatic rings. The van der Waals surface area contributed by atoms with Crippen LogP contribution in [0.25, 0.3) is 0 Å². The lowest BCUT2D eigenvalue weighted by molar-refractivity contribution is 0.411. The summed E-state index contributed by atoms with van der Waals surface area (Å²) in [5.74, 6) is 0.336. The molecule has 7 nitrogen and oxygen atoms in total. The first-order valence-electron chi connectivity index (χ1n) is 5.48. The zero-order valence-corrected chi connectivity index (χ0v) is 12.6. The maximum absolute atomic E-state index is 11.9. The Balaban J connectivity index is 2.88. The Morgan fingerprint density at radius 2 is 1.84 bits per heavy atom. The Morgan fingerprint density at radius 1 is 1.26 bits per heavy atom. The average Bonchev–Trinajstić information content (AvgIpc) is 2.74. The van der Waals surface area contributed by atoms with Crippen LogP contribution in [0.3, 0.4) is 0 Å². The van der Waals surface area contributed by atoms with Crippen molar-refractivity contribution >= 4 is 19.9 Å². The molecule has 3 N–H and O–H groups in total. The van der Waals surface area contributed by atoms with Crippen molar-refractivity contribution in [1.29, 1.82) is 0 Å². The Labute approximate surface area is 113 Å². The normalized spacial score (nSPS) is 13.7. The van der Waals surface area contributed by atoms with E-state index in [2.05, 4.69) is 4.72 Å². The second kappa shape index (κ2) is 5.23. The van der Waals surface area contributed by atoms with Gasteiger partial charge < -0.3 is 10.2 Å². The second-order valence-corrected chi connectivity index (χ2v) is 9.13. The van der Waals surface area contributed by atoms with Gasteiger partial charge in [-0.05, 0) is 26.0 Å². The van der Waals surface area contributed by atoms with E-state index >= 15 is 0 Å². The molecule has 19 heavy (non-hydrogen) atoms. The summed E-state index contributed by atoms with van der Waals surface area (Å²) in [7, 11) is -7.26. The molecule has 9 heteroatoms. The smallest absolute Gasteiger partial charge is 0.274 e. The molecule has 0 fully saturated rings. The largest absolute Gasteiger partial charge is 0.447 e. The monoisotopic (exact) mass is 310 g/mol. The van der Waals surface area contributed by atoms with Gasteiger partial charge in [-0.15, -0.1) is 0 Å². The van der Waals surface area contributed by atoms with Gasteiger partial charge in [0.2, 0.25) is 5.09 Å². The minimum Gasteiger partial charge on any atom is -0.447 e. The molecule has 0 aliphatic heterocycles. The van der Waals surface area contributed by atoms with Gasteiger partial charge in [0.25, 0.3) is 10.0 Å². The van der Waals surface area contributed by atoms with Crippen molar-refractivity contribution in [3.05, 3.63) is 17.9 Å². The summed E-state index contributed by atoms with van der Waals surface area (Å²) in [6.07, 6.45) is 1.06. The first-order valence-corrected chi connectivity index (χ1v) is 8.85. The van der Waals surface area contributed by atoms with Crippen LogP contribution in [-0.2, 0) is 26.4 Å². The third-order valence-electron chi connectivity index (χ3n) is 2.79. The molecule has 1 heterocycles. The number of nitrogens with two attached hydrogens (primary N) is 1. The molecule has 110 valence electrons. The van der Waals surface area contributed by atoms with Crippen LogP contribution in [0, 0.1) is 0 Å². The molecule has 0 aliphatic carbocycles. The first kappa shape index (κ1) is 16.2. The highest BCUT2D eigenvalue weighted by Gasteiger charge is 2.32. The summed E-state index contributed by atoms with van der Waals surface area (Å²) in [5.41, 5.74) is 5.32. The van der Waals surface area contributed by atoms with Crippen LogP contribution in [0.5, 0.6) is 0 Å². The maximum atomic E-state index is 11.9. The molecule has 0 unspecified atom stereocenters. The fourth-order valence-electron chi connectivity index (χ4n) is 1.08. The molecule has 0 saturated carbocycles. The van der Waals surface area contributed by atoms with Gasteiger partial charge in [-0.25, -0.2) is 21.6 Å². The molecule has 0 saturated heterocycles. The van der Waals surface area contributed by atoms with Crippen LogP contribution >= 0.6 is 0 Å². The van der Waals surface area contributed by atoms with Gasteiger partial charge in [-0.2, -0.15) is 0 Å². The molecule has 1 aromatic heterocycles. The van der Waals surface area contributed by atoms with E-state index in [0.717, 1.165) is 6.26 Å². The predicted octanol–water partition coefficient (Wildman–Crippen LogP) is -0.160. The molecule has 0 amide bonds. The Bertz CT molecular complexity index is 643. The highest BCUT2D eigenvalue weighted by molar-refractivity contribution is 7.92. The zero-order chi connectivity index (χ0) is 14.9. The van der Waals surface area contributed by atoms with Gasteiger partial charge in [-0.1, -0.05) is 0 Å². The van der Waals surface area contributed by atoms with Crippen molar-refractivity contribution in [1.82, 2.24) is 4.72 Å². The van der Waals surface area contributed by atoms with Crippen LogP contribution in [0.2, 0.25) is 0 Å². The molecule has 0 spiro atoms. The lowest BCUT2D eigenvalue weighted by atomic mass is 10.2. The number of nitrogens with one attached hydrogen (secondary N) is 1. The summed E-state index contributed by atoms with van der Waals surface area (Å²) >= 11 is 0. The highest BCUT2D eigenvalue weighted by Crippen LogP contribution is 2.17. The number of hydrogen-bond donors (Lipinski definition) is 2. The quantitative estimate of drug-likeness (QED) is 0.753. The average molecular weight is 310 g/mol. The first-order chi connectivity index (χ1) is 8.49. The summed E-state index contributed by atoms with van der Waals surface area (Å²) in [6, 6.07) is 2.73. The third-order valence-corrected chi connectivity index (χ3v) is 6.22. The van der Waals surface area contributed by atoms with Crippen LogP contribution in [0.4, 0.5) is 0 Å². The van der Waals surface area contributed by atoms with Gasteiger partial charge in [0.05, 0.1) is 11.3 Å². The van der Waals surface area contributed by atoms with Crippen molar-refractivity contribution in [2.75, 3.05) is 12.8 Å². The minimum absolute atomic E-state index is 0.0877. The van der Waals surface area contributed by atoms with Gasteiger partial charge in [0.15, 0.2) is 9.84 Å². The Kier molecular flexibility index (Phi) is 4.45. The molecule has 0 atom stereocenters. The Hall–Kier alpha value is -0.900. The van der Waals surface area contributed by atoms with E-state index < -0.39 is 24.6 Å². The molecule has 0 aromatic carbocycles. The molecular weight excluding hydrogens is 292 g/mol. The van der Waals surface area contributed by atoms with Crippen LogP contribution in [0.1, 0.15) is 19.6 Å². The molecule has 1 rings (SSSR count). The van der Waals surface area contributed by atoms with E-state index in [4.69, 9.17) is 10.2 Å². The van der Waals surface area contributed by atoms with Gasteiger partial charge in [-0.3, -0.25) is 0 Å². The predicted molar refractivity (Wildman–Crippen MR) is 70.7 cm³/mol. The van der Waals surface area contributed by atoms with Gasteiger partial charge in [0, 0.05) is 12.8 Å². The van der Waals surface area contributed by atoms with Gasteiger partial charge >= 0.3 is 0 Å².